The van der Waals surface area contributed by atoms with E-state index in [0.29, 0.717) is 26.1 Å². The Hall–Kier alpha value is -1.26. The van der Waals surface area contributed by atoms with Crippen molar-refractivity contribution in [2.45, 2.75) is 45.1 Å². The van der Waals surface area contributed by atoms with E-state index in [0.717, 1.165) is 12.8 Å². The average molecular weight is 229 g/mol. The van der Waals surface area contributed by atoms with Crippen LogP contribution in [0.3, 0.4) is 0 Å². The van der Waals surface area contributed by atoms with Crippen LogP contribution in [0, 0.1) is 0 Å². The van der Waals surface area contributed by atoms with E-state index < -0.39 is 11.6 Å². The summed E-state index contributed by atoms with van der Waals surface area (Å²) in [6, 6.07) is 0. The largest absolute Gasteiger partial charge is 0.464 e. The number of amides is 1. The fourth-order valence-corrected chi connectivity index (χ4v) is 1.99. The van der Waals surface area contributed by atoms with Crippen LogP contribution in [-0.4, -0.2) is 30.8 Å². The lowest BCUT2D eigenvalue weighted by Gasteiger charge is -2.27. The molecule has 16 heavy (non-hydrogen) atoms. The van der Waals surface area contributed by atoms with Gasteiger partial charge in [-0.25, -0.2) is 9.59 Å². The van der Waals surface area contributed by atoms with E-state index in [-0.39, 0.29) is 5.97 Å². The summed E-state index contributed by atoms with van der Waals surface area (Å²) in [7, 11) is 0. The van der Waals surface area contributed by atoms with Crippen molar-refractivity contribution in [3.8, 4) is 0 Å². The van der Waals surface area contributed by atoms with Gasteiger partial charge in [0, 0.05) is 0 Å². The molecule has 1 aliphatic rings. The topological polar surface area (TPSA) is 64.6 Å². The van der Waals surface area contributed by atoms with Gasteiger partial charge in [-0.1, -0.05) is 12.8 Å². The van der Waals surface area contributed by atoms with E-state index in [4.69, 9.17) is 9.47 Å². The highest BCUT2D eigenvalue weighted by molar-refractivity contribution is 5.86. The summed E-state index contributed by atoms with van der Waals surface area (Å²) >= 11 is 0. The maximum atomic E-state index is 11.8. The van der Waals surface area contributed by atoms with Crippen molar-refractivity contribution in [3.05, 3.63) is 0 Å². The predicted octanol–water partition coefficient (Wildman–Crippen LogP) is 1.61. The zero-order chi connectivity index (χ0) is 12.0. The van der Waals surface area contributed by atoms with Crippen LogP contribution in [0.1, 0.15) is 39.5 Å². The molecule has 0 saturated heterocycles. The van der Waals surface area contributed by atoms with Crippen LogP contribution < -0.4 is 5.32 Å². The minimum absolute atomic E-state index is 0.296. The number of carbonyl (C=O) groups excluding carboxylic acids is 2. The van der Waals surface area contributed by atoms with Gasteiger partial charge in [-0.15, -0.1) is 0 Å². The first kappa shape index (κ1) is 12.8. The number of carbonyl (C=O) groups is 2. The smallest absolute Gasteiger partial charge is 0.408 e. The molecule has 0 aromatic heterocycles. The number of ether oxygens (including phenoxy) is 2. The van der Waals surface area contributed by atoms with E-state index in [1.807, 2.05) is 0 Å². The second-order valence-electron chi connectivity index (χ2n) is 3.86. The molecule has 0 aliphatic heterocycles. The Labute approximate surface area is 95.5 Å². The molecule has 1 fully saturated rings. The summed E-state index contributed by atoms with van der Waals surface area (Å²) in [5, 5.41) is 2.64. The Balaban J connectivity index is 2.65. The SMILES string of the molecule is CCOC(=O)NC1(C(=O)OCC)CCCC1. The minimum Gasteiger partial charge on any atom is -0.464 e. The highest BCUT2D eigenvalue weighted by Gasteiger charge is 2.44. The maximum absolute atomic E-state index is 11.8. The lowest BCUT2D eigenvalue weighted by Crippen LogP contribution is -2.53. The first-order chi connectivity index (χ1) is 7.64. The molecule has 0 atom stereocenters. The normalized spacial score (nSPS) is 17.9. The van der Waals surface area contributed by atoms with Gasteiger partial charge in [0.05, 0.1) is 13.2 Å². The second kappa shape index (κ2) is 5.72. The number of rotatable bonds is 4. The fraction of sp³-hybridized carbons (Fsp3) is 0.818. The van der Waals surface area contributed by atoms with Crippen molar-refractivity contribution in [2.75, 3.05) is 13.2 Å². The second-order valence-corrected chi connectivity index (χ2v) is 3.86. The molecule has 1 amide bonds. The molecule has 1 saturated carbocycles. The summed E-state index contributed by atoms with van der Waals surface area (Å²) in [5.41, 5.74) is -0.859. The molecular weight excluding hydrogens is 210 g/mol. The van der Waals surface area contributed by atoms with Gasteiger partial charge >= 0.3 is 12.1 Å². The molecule has 0 heterocycles. The third-order valence-corrected chi connectivity index (χ3v) is 2.74. The summed E-state index contributed by atoms with van der Waals surface area (Å²) in [5.74, 6) is -0.347. The van der Waals surface area contributed by atoms with Crippen LogP contribution in [0.2, 0.25) is 0 Å². The van der Waals surface area contributed by atoms with E-state index >= 15 is 0 Å². The van der Waals surface area contributed by atoms with Gasteiger partial charge in [0.25, 0.3) is 0 Å². The summed E-state index contributed by atoms with van der Waals surface area (Å²) in [6.07, 6.45) is 2.56. The van der Waals surface area contributed by atoms with Gasteiger partial charge in [-0.05, 0) is 26.7 Å². The summed E-state index contributed by atoms with van der Waals surface area (Å²) in [6.45, 7) is 4.10. The molecule has 0 spiro atoms. The number of alkyl carbamates (subject to hydrolysis) is 1. The summed E-state index contributed by atoms with van der Waals surface area (Å²) in [4.78, 5) is 23.2. The lowest BCUT2D eigenvalue weighted by molar-refractivity contribution is -0.150. The molecule has 5 nitrogen and oxygen atoms in total. The molecule has 0 bridgehead atoms. The molecule has 0 aromatic rings. The Kier molecular flexibility index (Phi) is 4.58. The van der Waals surface area contributed by atoms with Crippen LogP contribution in [-0.2, 0) is 14.3 Å². The highest BCUT2D eigenvalue weighted by Crippen LogP contribution is 2.31. The summed E-state index contributed by atoms with van der Waals surface area (Å²) < 4.78 is 9.80. The van der Waals surface area contributed by atoms with E-state index in [1.165, 1.54) is 0 Å². The minimum atomic E-state index is -0.859. The van der Waals surface area contributed by atoms with Gasteiger partial charge in [0.1, 0.15) is 5.54 Å². The van der Waals surface area contributed by atoms with Crippen LogP contribution in [0.4, 0.5) is 4.79 Å². The molecule has 1 rings (SSSR count). The van der Waals surface area contributed by atoms with Crippen molar-refractivity contribution in [3.63, 3.8) is 0 Å². The number of nitrogens with one attached hydrogen (secondary N) is 1. The highest BCUT2D eigenvalue weighted by atomic mass is 16.6. The molecular formula is C11H19NO4. The first-order valence-corrected chi connectivity index (χ1v) is 5.77. The average Bonchev–Trinajstić information content (AvgIpc) is 2.68. The van der Waals surface area contributed by atoms with Gasteiger partial charge in [-0.3, -0.25) is 0 Å². The van der Waals surface area contributed by atoms with E-state index in [1.54, 1.807) is 13.8 Å². The Morgan fingerprint density at radius 3 is 2.19 bits per heavy atom. The monoisotopic (exact) mass is 229 g/mol. The quantitative estimate of drug-likeness (QED) is 0.744. The predicted molar refractivity (Wildman–Crippen MR) is 58.0 cm³/mol. The fourth-order valence-electron chi connectivity index (χ4n) is 1.99. The van der Waals surface area contributed by atoms with Crippen molar-refractivity contribution >= 4 is 12.1 Å². The van der Waals surface area contributed by atoms with Gasteiger partial charge in [0.2, 0.25) is 0 Å². The third kappa shape index (κ3) is 2.87. The standard InChI is InChI=1S/C11H19NO4/c1-3-15-9(13)11(7-5-6-8-11)12-10(14)16-4-2/h3-8H2,1-2H3,(H,12,14). The Morgan fingerprint density at radius 1 is 1.12 bits per heavy atom. The zero-order valence-corrected chi connectivity index (χ0v) is 9.88. The molecule has 0 aromatic carbocycles. The van der Waals surface area contributed by atoms with Gasteiger partial charge in [-0.2, -0.15) is 0 Å². The number of esters is 1. The lowest BCUT2D eigenvalue weighted by atomic mass is 9.98. The van der Waals surface area contributed by atoms with Crippen molar-refractivity contribution in [1.29, 1.82) is 0 Å². The van der Waals surface area contributed by atoms with Crippen LogP contribution in [0.25, 0.3) is 0 Å². The van der Waals surface area contributed by atoms with Gasteiger partial charge in [0.15, 0.2) is 0 Å². The van der Waals surface area contributed by atoms with Crippen molar-refractivity contribution in [2.24, 2.45) is 0 Å². The molecule has 5 heteroatoms. The molecule has 1 N–H and O–H groups in total. The molecule has 92 valence electrons. The zero-order valence-electron chi connectivity index (χ0n) is 9.88. The van der Waals surface area contributed by atoms with E-state index in [2.05, 4.69) is 5.32 Å². The van der Waals surface area contributed by atoms with E-state index in [9.17, 15) is 9.59 Å². The Bertz CT molecular complexity index is 259. The van der Waals surface area contributed by atoms with Crippen LogP contribution in [0.5, 0.6) is 0 Å². The maximum Gasteiger partial charge on any atom is 0.408 e. The Morgan fingerprint density at radius 2 is 1.69 bits per heavy atom. The molecule has 0 unspecified atom stereocenters. The van der Waals surface area contributed by atoms with Crippen molar-refractivity contribution < 1.29 is 19.1 Å². The third-order valence-electron chi connectivity index (χ3n) is 2.74. The van der Waals surface area contributed by atoms with Crippen molar-refractivity contribution in [1.82, 2.24) is 5.32 Å². The van der Waals surface area contributed by atoms with Crippen LogP contribution in [0.15, 0.2) is 0 Å². The molecule has 0 radical (unpaired) electrons. The van der Waals surface area contributed by atoms with Crippen LogP contribution >= 0.6 is 0 Å². The van der Waals surface area contributed by atoms with Gasteiger partial charge < -0.3 is 14.8 Å². The number of hydrogen-bond acceptors (Lipinski definition) is 4. The first-order valence-electron chi connectivity index (χ1n) is 5.77. The number of hydrogen-bond donors (Lipinski definition) is 1. The molecule has 1 aliphatic carbocycles.